The molecule has 31 heavy (non-hydrogen) atoms. The Balaban J connectivity index is 1.88. The molecule has 0 bridgehead atoms. The molecule has 2 nitrogen and oxygen atoms in total. The van der Waals surface area contributed by atoms with E-state index in [1.807, 2.05) is 36.4 Å². The van der Waals surface area contributed by atoms with Crippen molar-refractivity contribution in [1.82, 2.24) is 0 Å². The molecule has 0 unspecified atom stereocenters. The maximum atomic E-state index is 10.3. The van der Waals surface area contributed by atoms with Crippen LogP contribution in [0.25, 0.3) is 43.4 Å². The highest BCUT2D eigenvalue weighted by Crippen LogP contribution is 2.43. The molecule has 6 rings (SSSR count). The second-order valence-corrected chi connectivity index (χ2v) is 8.57. The normalized spacial score (nSPS) is 13.6. The summed E-state index contributed by atoms with van der Waals surface area (Å²) in [5.41, 5.74) is 6.03. The van der Waals surface area contributed by atoms with Crippen LogP contribution in [-0.4, -0.2) is 17.2 Å². The predicted octanol–water partition coefficient (Wildman–Crippen LogP) is 5.37. The number of aryl methyl sites for hydroxylation is 1. The molecule has 0 heterocycles. The molecule has 0 saturated carbocycles. The molecule has 1 aliphatic carbocycles. The summed E-state index contributed by atoms with van der Waals surface area (Å²) in [7, 11) is -1.52. The molecular weight excluding hydrogens is 379 g/mol. The van der Waals surface area contributed by atoms with Gasteiger partial charge in [0.1, 0.15) is 0 Å². The second-order valence-electron chi connectivity index (χ2n) is 8.57. The summed E-state index contributed by atoms with van der Waals surface area (Å²) < 4.78 is 0. The van der Waals surface area contributed by atoms with Crippen molar-refractivity contribution >= 4 is 44.9 Å². The third-order valence-electron chi connectivity index (χ3n) is 6.85. The van der Waals surface area contributed by atoms with Crippen molar-refractivity contribution in [3.05, 3.63) is 90.0 Å². The van der Waals surface area contributed by atoms with E-state index in [0.717, 1.165) is 34.4 Å². The lowest BCUT2D eigenvalue weighted by molar-refractivity contribution is 0.426. The Morgan fingerprint density at radius 1 is 0.581 bits per heavy atom. The highest BCUT2D eigenvalue weighted by atomic mass is 16.4. The molecule has 0 aliphatic heterocycles. The summed E-state index contributed by atoms with van der Waals surface area (Å²) in [4.78, 5) is 0. The summed E-state index contributed by atoms with van der Waals surface area (Å²) in [6, 6.07) is 27.4. The van der Waals surface area contributed by atoms with E-state index in [9.17, 15) is 10.0 Å². The molecule has 0 amide bonds. The van der Waals surface area contributed by atoms with Gasteiger partial charge >= 0.3 is 7.12 Å². The molecule has 2 N–H and O–H groups in total. The van der Waals surface area contributed by atoms with Crippen molar-refractivity contribution in [3.8, 4) is 11.1 Å². The van der Waals surface area contributed by atoms with Gasteiger partial charge in [-0.3, -0.25) is 0 Å². The van der Waals surface area contributed by atoms with Gasteiger partial charge in [0, 0.05) is 0 Å². The zero-order valence-corrected chi connectivity index (χ0v) is 17.3. The summed E-state index contributed by atoms with van der Waals surface area (Å²) in [5.74, 6) is 0. The topological polar surface area (TPSA) is 40.5 Å². The first-order valence-electron chi connectivity index (χ1n) is 11.1. The van der Waals surface area contributed by atoms with Crippen LogP contribution in [0.15, 0.2) is 78.9 Å². The van der Waals surface area contributed by atoms with Gasteiger partial charge in [-0.05, 0) is 85.7 Å². The van der Waals surface area contributed by atoms with Crippen LogP contribution in [0.3, 0.4) is 0 Å². The average molecular weight is 402 g/mol. The van der Waals surface area contributed by atoms with Gasteiger partial charge < -0.3 is 10.0 Å². The Hall–Kier alpha value is -3.14. The van der Waals surface area contributed by atoms with Gasteiger partial charge in [0.2, 0.25) is 0 Å². The number of hydrogen-bond donors (Lipinski definition) is 2. The third-order valence-corrected chi connectivity index (χ3v) is 6.85. The van der Waals surface area contributed by atoms with Gasteiger partial charge in [-0.15, -0.1) is 0 Å². The maximum absolute atomic E-state index is 10.3. The van der Waals surface area contributed by atoms with Crippen LogP contribution in [0.5, 0.6) is 0 Å². The van der Waals surface area contributed by atoms with Gasteiger partial charge in [-0.2, -0.15) is 0 Å². The molecule has 0 fully saturated rings. The van der Waals surface area contributed by atoms with Gasteiger partial charge in [0.25, 0.3) is 0 Å². The number of rotatable bonds is 2. The highest BCUT2D eigenvalue weighted by molar-refractivity contribution is 6.66. The van der Waals surface area contributed by atoms with Crippen LogP contribution in [-0.2, 0) is 12.8 Å². The van der Waals surface area contributed by atoms with E-state index in [-0.39, 0.29) is 0 Å². The first kappa shape index (κ1) is 18.6. The second kappa shape index (κ2) is 7.23. The van der Waals surface area contributed by atoms with E-state index in [1.54, 1.807) is 0 Å². The average Bonchev–Trinajstić information content (AvgIpc) is 2.81. The Bertz CT molecular complexity index is 1410. The fourth-order valence-corrected chi connectivity index (χ4v) is 5.57. The summed E-state index contributed by atoms with van der Waals surface area (Å²) in [6.07, 6.45) is 4.66. The summed E-state index contributed by atoms with van der Waals surface area (Å²) >= 11 is 0. The maximum Gasteiger partial charge on any atom is 0.489 e. The minimum Gasteiger partial charge on any atom is -0.423 e. The highest BCUT2D eigenvalue weighted by Gasteiger charge is 2.25. The van der Waals surface area contributed by atoms with Crippen LogP contribution >= 0.6 is 0 Å². The van der Waals surface area contributed by atoms with E-state index >= 15 is 0 Å². The van der Waals surface area contributed by atoms with Crippen LogP contribution < -0.4 is 5.46 Å². The Labute approximate surface area is 181 Å². The fraction of sp³-hybridized carbons (Fsp3) is 0.143. The van der Waals surface area contributed by atoms with E-state index in [1.165, 1.54) is 45.9 Å². The molecule has 0 atom stereocenters. The zero-order chi connectivity index (χ0) is 20.9. The van der Waals surface area contributed by atoms with Crippen molar-refractivity contribution in [1.29, 1.82) is 0 Å². The zero-order valence-electron chi connectivity index (χ0n) is 17.3. The molecule has 3 heteroatoms. The minimum atomic E-state index is -1.52. The SMILES string of the molecule is OB(O)c1c2ccccc2c(-c2c3c(cc4ccccc24)CCCC3)c2ccccc12. The first-order chi connectivity index (χ1) is 15.2. The number of hydrogen-bond acceptors (Lipinski definition) is 2. The largest absolute Gasteiger partial charge is 0.489 e. The molecule has 0 spiro atoms. The lowest BCUT2D eigenvalue weighted by atomic mass is 9.71. The Morgan fingerprint density at radius 3 is 1.77 bits per heavy atom. The Morgan fingerprint density at radius 2 is 1.13 bits per heavy atom. The van der Waals surface area contributed by atoms with Crippen molar-refractivity contribution < 1.29 is 10.0 Å². The van der Waals surface area contributed by atoms with Crippen LogP contribution in [0.2, 0.25) is 0 Å². The summed E-state index contributed by atoms with van der Waals surface area (Å²) in [6.45, 7) is 0. The van der Waals surface area contributed by atoms with Crippen LogP contribution in [0, 0.1) is 0 Å². The fourth-order valence-electron chi connectivity index (χ4n) is 5.57. The van der Waals surface area contributed by atoms with Crippen molar-refractivity contribution in [2.24, 2.45) is 0 Å². The standard InChI is InChI=1S/C28H23BO2/c30-29(31)28-24-15-7-5-13-22(24)27(23-14-6-8-16-25(23)28)26-20-11-3-1-9-18(20)17-19-10-2-4-12-21(19)26/h1,3,5-9,11,13-17,30-31H,2,4,10,12H2. The Kier molecular flexibility index (Phi) is 4.34. The molecule has 5 aromatic carbocycles. The lowest BCUT2D eigenvalue weighted by Gasteiger charge is -2.25. The van der Waals surface area contributed by atoms with Crippen LogP contribution in [0.4, 0.5) is 0 Å². The molecule has 1 aliphatic rings. The molecule has 0 aromatic heterocycles. The van der Waals surface area contributed by atoms with Gasteiger partial charge in [0.15, 0.2) is 0 Å². The van der Waals surface area contributed by atoms with E-state index < -0.39 is 7.12 Å². The predicted molar refractivity (Wildman–Crippen MR) is 131 cm³/mol. The monoisotopic (exact) mass is 402 g/mol. The van der Waals surface area contributed by atoms with E-state index in [0.29, 0.717) is 5.46 Å². The summed E-state index contributed by atoms with van der Waals surface area (Å²) in [5, 5.41) is 27.1. The minimum absolute atomic E-state index is 0.587. The first-order valence-corrected chi connectivity index (χ1v) is 11.1. The van der Waals surface area contributed by atoms with E-state index in [4.69, 9.17) is 0 Å². The molecule has 150 valence electrons. The molecule has 0 saturated heterocycles. The van der Waals surface area contributed by atoms with Crippen molar-refractivity contribution in [2.75, 3.05) is 0 Å². The quantitative estimate of drug-likeness (QED) is 0.308. The lowest BCUT2D eigenvalue weighted by Crippen LogP contribution is -2.31. The van der Waals surface area contributed by atoms with Gasteiger partial charge in [-0.1, -0.05) is 78.9 Å². The molecular formula is C28H23BO2. The van der Waals surface area contributed by atoms with Crippen molar-refractivity contribution in [2.45, 2.75) is 25.7 Å². The van der Waals surface area contributed by atoms with Crippen molar-refractivity contribution in [3.63, 3.8) is 0 Å². The third kappa shape index (κ3) is 2.81. The molecule has 5 aromatic rings. The van der Waals surface area contributed by atoms with Gasteiger partial charge in [0.05, 0.1) is 0 Å². The smallest absolute Gasteiger partial charge is 0.423 e. The number of benzene rings is 5. The molecule has 0 radical (unpaired) electrons. The van der Waals surface area contributed by atoms with Crippen LogP contribution in [0.1, 0.15) is 24.0 Å². The van der Waals surface area contributed by atoms with Gasteiger partial charge in [-0.25, -0.2) is 0 Å². The van der Waals surface area contributed by atoms with E-state index in [2.05, 4.69) is 42.5 Å². The number of fused-ring (bicyclic) bond motifs is 4.